The molecule has 8 N–H and O–H groups in total. The lowest BCUT2D eigenvalue weighted by Gasteiger charge is -2.20. The first-order chi connectivity index (χ1) is 19.1. The lowest BCUT2D eigenvalue weighted by atomic mass is 10.1. The average molecular weight is 547 g/mol. The predicted octanol–water partition coefficient (Wildman–Crippen LogP) is 4.29. The van der Waals surface area contributed by atoms with E-state index in [1.54, 1.807) is 36.5 Å². The van der Waals surface area contributed by atoms with E-state index in [2.05, 4.69) is 34.8 Å². The average Bonchev–Trinajstić information content (AvgIpc) is 2.91. The van der Waals surface area contributed by atoms with Crippen LogP contribution in [-0.4, -0.2) is 33.4 Å². The Balaban J connectivity index is 1.90. The first kappa shape index (κ1) is 30.2. The molecule has 10 heteroatoms. The standard InChI is InChI=1S/C30H42N8O2/c1-5-7-8-24(6-2)37-25-14-22(13-23(31)15-25)26-17-35-29(36-19(3)4)30(40)38(26)18-27(39)34-16-20-9-11-21(12-10-20)28(32)33/h9-15,17,19,24,37H,5-8,16,18,31H2,1-4H3,(H3,32,33)(H,34,39)(H,35,36). The van der Waals surface area contributed by atoms with Gasteiger partial charge >= 0.3 is 0 Å². The molecule has 1 heterocycles. The van der Waals surface area contributed by atoms with Crippen molar-refractivity contribution in [3.8, 4) is 11.3 Å². The first-order valence-corrected chi connectivity index (χ1v) is 13.8. The number of anilines is 3. The Bertz CT molecular complexity index is 1370. The van der Waals surface area contributed by atoms with Crippen molar-refractivity contribution in [2.24, 2.45) is 5.73 Å². The number of carbonyl (C=O) groups excluding carboxylic acids is 1. The number of nitrogen functional groups attached to an aromatic ring is 2. The van der Waals surface area contributed by atoms with Crippen molar-refractivity contribution in [3.05, 3.63) is 70.1 Å². The molecule has 0 saturated heterocycles. The normalized spacial score (nSPS) is 11.7. The highest BCUT2D eigenvalue weighted by Gasteiger charge is 2.17. The van der Waals surface area contributed by atoms with Crippen molar-refractivity contribution in [1.29, 1.82) is 5.41 Å². The van der Waals surface area contributed by atoms with Crippen LogP contribution >= 0.6 is 0 Å². The maximum Gasteiger partial charge on any atom is 0.294 e. The van der Waals surface area contributed by atoms with Crippen molar-refractivity contribution >= 4 is 28.9 Å². The molecule has 0 aliphatic heterocycles. The summed E-state index contributed by atoms with van der Waals surface area (Å²) in [5, 5.41) is 17.0. The number of carbonyl (C=O) groups is 1. The van der Waals surface area contributed by atoms with Crippen molar-refractivity contribution < 1.29 is 4.79 Å². The van der Waals surface area contributed by atoms with Crippen LogP contribution in [0, 0.1) is 5.41 Å². The van der Waals surface area contributed by atoms with Crippen LogP contribution in [0.15, 0.2) is 53.5 Å². The predicted molar refractivity (Wildman–Crippen MR) is 164 cm³/mol. The van der Waals surface area contributed by atoms with Crippen LogP contribution in [-0.2, 0) is 17.9 Å². The van der Waals surface area contributed by atoms with E-state index in [9.17, 15) is 9.59 Å². The molecule has 0 radical (unpaired) electrons. The molecule has 40 heavy (non-hydrogen) atoms. The zero-order valence-electron chi connectivity index (χ0n) is 23.9. The van der Waals surface area contributed by atoms with Gasteiger partial charge in [-0.2, -0.15) is 0 Å². The van der Waals surface area contributed by atoms with Gasteiger partial charge in [0.25, 0.3) is 5.56 Å². The lowest BCUT2D eigenvalue weighted by Crippen LogP contribution is -2.35. The number of amides is 1. The second-order valence-electron chi connectivity index (χ2n) is 10.3. The summed E-state index contributed by atoms with van der Waals surface area (Å²) in [7, 11) is 0. The number of rotatable bonds is 14. The highest BCUT2D eigenvalue weighted by molar-refractivity contribution is 5.94. The van der Waals surface area contributed by atoms with Crippen LogP contribution in [0.25, 0.3) is 11.3 Å². The molecule has 0 saturated carbocycles. The summed E-state index contributed by atoms with van der Waals surface area (Å²) < 4.78 is 1.43. The summed E-state index contributed by atoms with van der Waals surface area (Å²) in [6.07, 6.45) is 5.89. The fourth-order valence-corrected chi connectivity index (χ4v) is 4.40. The molecule has 1 amide bonds. The monoisotopic (exact) mass is 546 g/mol. The van der Waals surface area contributed by atoms with Crippen LogP contribution in [0.5, 0.6) is 0 Å². The van der Waals surface area contributed by atoms with Crippen LogP contribution in [0.2, 0.25) is 0 Å². The van der Waals surface area contributed by atoms with Gasteiger partial charge in [0.1, 0.15) is 12.4 Å². The van der Waals surface area contributed by atoms with E-state index >= 15 is 0 Å². The second kappa shape index (κ2) is 14.2. The Hall–Kier alpha value is -4.34. The van der Waals surface area contributed by atoms with E-state index in [-0.39, 0.29) is 36.7 Å². The molecule has 1 aromatic heterocycles. The minimum atomic E-state index is -0.390. The molecule has 2 aromatic carbocycles. The zero-order valence-corrected chi connectivity index (χ0v) is 23.9. The number of hydrogen-bond donors (Lipinski definition) is 6. The van der Waals surface area contributed by atoms with Crippen LogP contribution in [0.4, 0.5) is 17.2 Å². The van der Waals surface area contributed by atoms with Crippen LogP contribution in [0.3, 0.4) is 0 Å². The summed E-state index contributed by atoms with van der Waals surface area (Å²) >= 11 is 0. The maximum atomic E-state index is 13.5. The number of hydrogen-bond acceptors (Lipinski definition) is 7. The molecule has 214 valence electrons. The van der Waals surface area contributed by atoms with Gasteiger partial charge in [-0.15, -0.1) is 0 Å². The minimum absolute atomic E-state index is 0.0106. The third kappa shape index (κ3) is 8.33. The first-order valence-electron chi connectivity index (χ1n) is 13.8. The van der Waals surface area contributed by atoms with Gasteiger partial charge in [-0.1, -0.05) is 51.0 Å². The molecule has 0 fully saturated rings. The molecule has 10 nitrogen and oxygen atoms in total. The van der Waals surface area contributed by atoms with E-state index in [1.807, 2.05) is 26.0 Å². The Morgan fingerprint density at radius 3 is 2.45 bits per heavy atom. The van der Waals surface area contributed by atoms with Crippen molar-refractivity contribution in [2.75, 3.05) is 16.4 Å². The smallest absolute Gasteiger partial charge is 0.294 e. The number of unbranched alkanes of at least 4 members (excludes halogenated alkanes) is 1. The Morgan fingerprint density at radius 1 is 1.10 bits per heavy atom. The molecule has 0 aliphatic rings. The summed E-state index contributed by atoms with van der Waals surface area (Å²) in [6, 6.07) is 13.0. The fraction of sp³-hybridized carbons (Fsp3) is 0.400. The van der Waals surface area contributed by atoms with Gasteiger partial charge < -0.3 is 27.4 Å². The van der Waals surface area contributed by atoms with E-state index in [4.69, 9.17) is 16.9 Å². The number of nitrogens with zero attached hydrogens (tertiary/aromatic N) is 2. The Morgan fingerprint density at radius 2 is 1.82 bits per heavy atom. The van der Waals surface area contributed by atoms with Crippen LogP contribution < -0.4 is 33.0 Å². The van der Waals surface area contributed by atoms with Crippen molar-refractivity contribution in [3.63, 3.8) is 0 Å². The highest BCUT2D eigenvalue weighted by atomic mass is 16.2. The van der Waals surface area contributed by atoms with E-state index in [0.717, 1.165) is 36.9 Å². The van der Waals surface area contributed by atoms with E-state index in [0.29, 0.717) is 28.6 Å². The minimum Gasteiger partial charge on any atom is -0.399 e. The third-order valence-corrected chi connectivity index (χ3v) is 6.56. The van der Waals surface area contributed by atoms with Gasteiger partial charge in [0, 0.05) is 41.1 Å². The number of amidine groups is 1. The topological polar surface area (TPSA) is 164 Å². The quantitative estimate of drug-likeness (QED) is 0.0997. The highest BCUT2D eigenvalue weighted by Crippen LogP contribution is 2.27. The summed E-state index contributed by atoms with van der Waals surface area (Å²) in [5.74, 6) is -0.162. The van der Waals surface area contributed by atoms with Crippen LogP contribution in [0.1, 0.15) is 64.5 Å². The molecule has 0 bridgehead atoms. The molecule has 0 aliphatic carbocycles. The van der Waals surface area contributed by atoms with Gasteiger partial charge in [0.2, 0.25) is 5.91 Å². The summed E-state index contributed by atoms with van der Waals surface area (Å²) in [6.45, 7) is 8.24. The number of benzene rings is 2. The maximum absolute atomic E-state index is 13.5. The number of aromatic nitrogens is 2. The number of nitrogens with two attached hydrogens (primary N) is 2. The lowest BCUT2D eigenvalue weighted by molar-refractivity contribution is -0.121. The van der Waals surface area contributed by atoms with Crippen molar-refractivity contribution in [1.82, 2.24) is 14.9 Å². The second-order valence-corrected chi connectivity index (χ2v) is 10.3. The van der Waals surface area contributed by atoms with Gasteiger partial charge in [-0.25, -0.2) is 4.98 Å². The van der Waals surface area contributed by atoms with E-state index < -0.39 is 5.56 Å². The Kier molecular flexibility index (Phi) is 10.7. The van der Waals surface area contributed by atoms with E-state index in [1.165, 1.54) is 4.57 Å². The molecule has 3 rings (SSSR count). The van der Waals surface area contributed by atoms with Gasteiger partial charge in [-0.05, 0) is 50.5 Å². The fourth-order valence-electron chi connectivity index (χ4n) is 4.40. The Labute approximate surface area is 236 Å². The zero-order chi connectivity index (χ0) is 29.2. The molecular formula is C30H42N8O2. The van der Waals surface area contributed by atoms with Gasteiger partial charge in [-0.3, -0.25) is 19.6 Å². The molecule has 3 aromatic rings. The molecular weight excluding hydrogens is 504 g/mol. The SMILES string of the molecule is CCCCC(CC)Nc1cc(N)cc(-c2cnc(NC(C)C)c(=O)n2CC(=O)NCc2ccc(C(=N)N)cc2)c1. The molecule has 1 atom stereocenters. The third-order valence-electron chi connectivity index (χ3n) is 6.56. The summed E-state index contributed by atoms with van der Waals surface area (Å²) in [5.41, 5.74) is 15.5. The van der Waals surface area contributed by atoms with Gasteiger partial charge in [0.05, 0.1) is 11.9 Å². The molecule has 1 unspecified atom stereocenters. The largest absolute Gasteiger partial charge is 0.399 e. The van der Waals surface area contributed by atoms with Crippen molar-refractivity contribution in [2.45, 2.75) is 78.6 Å². The van der Waals surface area contributed by atoms with Gasteiger partial charge in [0.15, 0.2) is 5.82 Å². The number of nitrogens with one attached hydrogen (secondary N) is 4. The summed E-state index contributed by atoms with van der Waals surface area (Å²) in [4.78, 5) is 30.9. The molecule has 0 spiro atoms.